The Hall–Kier alpha value is -3.92. The molecule has 0 spiro atoms. The van der Waals surface area contributed by atoms with Gasteiger partial charge in [0.15, 0.2) is 11.5 Å². The number of hydrogen-bond donors (Lipinski definition) is 2. The van der Waals surface area contributed by atoms with Crippen LogP contribution in [-0.2, 0) is 14.3 Å². The zero-order valence-corrected chi connectivity index (χ0v) is 18.1. The molecule has 0 fully saturated rings. The van der Waals surface area contributed by atoms with Gasteiger partial charge in [-0.2, -0.15) is 0 Å². The molecule has 1 amide bonds. The van der Waals surface area contributed by atoms with E-state index in [4.69, 9.17) is 14.2 Å². The van der Waals surface area contributed by atoms with E-state index in [0.29, 0.717) is 16.1 Å². The number of esters is 2. The topological polar surface area (TPSA) is 124 Å². The van der Waals surface area contributed by atoms with E-state index in [1.54, 1.807) is 43.3 Å². The number of benzene rings is 1. The molecule has 10 heteroatoms. The number of pyridine rings is 1. The molecular weight excluding hydrogens is 436 g/mol. The molecule has 0 aliphatic rings. The molecular formula is C22H20N2O7S. The van der Waals surface area contributed by atoms with Crippen LogP contribution in [0.2, 0.25) is 0 Å². The number of carbonyl (C=O) groups excluding carboxylic acids is 3. The highest BCUT2D eigenvalue weighted by molar-refractivity contribution is 7.17. The number of methoxy groups -OCH3 is 1. The number of aromatic amines is 1. The first kappa shape index (κ1) is 22.8. The molecule has 9 nitrogen and oxygen atoms in total. The Kier molecular flexibility index (Phi) is 7.40. The number of H-pyrrole nitrogens is 1. The van der Waals surface area contributed by atoms with Crippen LogP contribution in [0.1, 0.15) is 27.0 Å². The number of ether oxygens (including phenoxy) is 3. The quantitative estimate of drug-likeness (QED) is 0.499. The van der Waals surface area contributed by atoms with Crippen molar-refractivity contribution in [1.82, 2.24) is 4.98 Å². The molecule has 0 bridgehead atoms. The highest BCUT2D eigenvalue weighted by atomic mass is 32.1. The second-order valence-corrected chi connectivity index (χ2v) is 7.39. The molecule has 3 aromatic rings. The van der Waals surface area contributed by atoms with Crippen LogP contribution in [-0.4, -0.2) is 43.2 Å². The predicted octanol–water partition coefficient (Wildman–Crippen LogP) is 3.08. The molecule has 2 heterocycles. The van der Waals surface area contributed by atoms with Crippen molar-refractivity contribution in [2.75, 3.05) is 25.6 Å². The van der Waals surface area contributed by atoms with Gasteiger partial charge in [0.2, 0.25) is 0 Å². The molecule has 0 radical (unpaired) electrons. The van der Waals surface area contributed by atoms with Crippen LogP contribution in [0, 0.1) is 0 Å². The SMILES string of the molecule is CCOC(=O)COc1cc(-c2cccc(NC(=O)c3ccc[nH]c3=O)c2)sc1C(=O)OC. The summed E-state index contributed by atoms with van der Waals surface area (Å²) in [4.78, 5) is 51.3. The Morgan fingerprint density at radius 1 is 1.12 bits per heavy atom. The summed E-state index contributed by atoms with van der Waals surface area (Å²) in [5.41, 5.74) is 0.630. The van der Waals surface area contributed by atoms with Gasteiger partial charge in [-0.15, -0.1) is 11.3 Å². The average molecular weight is 456 g/mol. The zero-order chi connectivity index (χ0) is 23.1. The molecule has 2 aromatic heterocycles. The number of thiophene rings is 1. The number of nitrogens with one attached hydrogen (secondary N) is 2. The van der Waals surface area contributed by atoms with Gasteiger partial charge in [0.1, 0.15) is 11.3 Å². The van der Waals surface area contributed by atoms with Gasteiger partial charge in [0, 0.05) is 16.8 Å². The maximum Gasteiger partial charge on any atom is 0.351 e. The maximum atomic E-state index is 12.4. The lowest BCUT2D eigenvalue weighted by molar-refractivity contribution is -0.145. The molecule has 0 unspecified atom stereocenters. The van der Waals surface area contributed by atoms with E-state index in [1.165, 1.54) is 19.4 Å². The lowest BCUT2D eigenvalue weighted by Crippen LogP contribution is -2.22. The van der Waals surface area contributed by atoms with Crippen molar-refractivity contribution in [2.24, 2.45) is 0 Å². The highest BCUT2D eigenvalue weighted by Crippen LogP contribution is 2.37. The molecule has 166 valence electrons. The summed E-state index contributed by atoms with van der Waals surface area (Å²) in [7, 11) is 1.25. The van der Waals surface area contributed by atoms with E-state index < -0.39 is 23.4 Å². The maximum absolute atomic E-state index is 12.4. The van der Waals surface area contributed by atoms with Gasteiger partial charge in [-0.1, -0.05) is 12.1 Å². The second-order valence-electron chi connectivity index (χ2n) is 6.34. The summed E-state index contributed by atoms with van der Waals surface area (Å²) in [6.07, 6.45) is 1.44. The molecule has 0 saturated heterocycles. The summed E-state index contributed by atoms with van der Waals surface area (Å²) in [6, 6.07) is 11.5. The minimum atomic E-state index is -0.604. The number of rotatable bonds is 8. The predicted molar refractivity (Wildman–Crippen MR) is 118 cm³/mol. The number of anilines is 1. The second kappa shape index (κ2) is 10.4. The highest BCUT2D eigenvalue weighted by Gasteiger charge is 2.20. The fourth-order valence-corrected chi connectivity index (χ4v) is 3.76. The molecule has 3 rings (SSSR count). The summed E-state index contributed by atoms with van der Waals surface area (Å²) >= 11 is 1.12. The Balaban J connectivity index is 1.85. The monoisotopic (exact) mass is 456 g/mol. The van der Waals surface area contributed by atoms with Crippen molar-refractivity contribution in [2.45, 2.75) is 6.92 Å². The Labute approximate surface area is 186 Å². The van der Waals surface area contributed by atoms with Crippen LogP contribution < -0.4 is 15.6 Å². The standard InChI is InChI=1S/C22H20N2O7S/c1-3-30-18(25)12-31-16-11-17(32-19(16)22(28)29-2)13-6-4-7-14(10-13)24-21(27)15-8-5-9-23-20(15)26/h4-11H,3,12H2,1-2H3,(H,23,26)(H,24,27). The van der Waals surface area contributed by atoms with Crippen LogP contribution in [0.3, 0.4) is 0 Å². The lowest BCUT2D eigenvalue weighted by atomic mass is 10.1. The molecule has 32 heavy (non-hydrogen) atoms. The lowest BCUT2D eigenvalue weighted by Gasteiger charge is -2.06. The average Bonchev–Trinajstić information content (AvgIpc) is 3.22. The number of hydrogen-bond acceptors (Lipinski definition) is 8. The molecule has 1 aromatic carbocycles. The van der Waals surface area contributed by atoms with Gasteiger partial charge in [-0.3, -0.25) is 9.59 Å². The van der Waals surface area contributed by atoms with E-state index in [9.17, 15) is 19.2 Å². The van der Waals surface area contributed by atoms with Crippen LogP contribution in [0.15, 0.2) is 53.5 Å². The van der Waals surface area contributed by atoms with Crippen molar-refractivity contribution in [3.8, 4) is 16.2 Å². The molecule has 0 atom stereocenters. The van der Waals surface area contributed by atoms with E-state index in [2.05, 4.69) is 10.3 Å². The van der Waals surface area contributed by atoms with Gasteiger partial charge < -0.3 is 24.5 Å². The summed E-state index contributed by atoms with van der Waals surface area (Å²) in [5, 5.41) is 2.68. The first-order valence-corrected chi connectivity index (χ1v) is 10.3. The minimum absolute atomic E-state index is 0.0170. The third-order valence-electron chi connectivity index (χ3n) is 4.19. The first-order valence-electron chi connectivity index (χ1n) is 9.53. The third kappa shape index (κ3) is 5.41. The Morgan fingerprint density at radius 3 is 2.66 bits per heavy atom. The number of amides is 1. The van der Waals surface area contributed by atoms with E-state index >= 15 is 0 Å². The summed E-state index contributed by atoms with van der Waals surface area (Å²) in [6.45, 7) is 1.55. The molecule has 0 aliphatic carbocycles. The van der Waals surface area contributed by atoms with Gasteiger partial charge in [0.05, 0.1) is 13.7 Å². The van der Waals surface area contributed by atoms with Crippen molar-refractivity contribution in [3.63, 3.8) is 0 Å². The molecule has 0 saturated carbocycles. The zero-order valence-electron chi connectivity index (χ0n) is 17.3. The normalized spacial score (nSPS) is 10.3. The van der Waals surface area contributed by atoms with Crippen molar-refractivity contribution in [1.29, 1.82) is 0 Å². The Bertz CT molecular complexity index is 1200. The van der Waals surface area contributed by atoms with Gasteiger partial charge in [-0.25, -0.2) is 9.59 Å². The van der Waals surface area contributed by atoms with Gasteiger partial charge in [0.25, 0.3) is 11.5 Å². The Morgan fingerprint density at radius 2 is 1.94 bits per heavy atom. The van der Waals surface area contributed by atoms with E-state index in [0.717, 1.165) is 11.3 Å². The van der Waals surface area contributed by atoms with Crippen LogP contribution >= 0.6 is 11.3 Å². The van der Waals surface area contributed by atoms with Crippen LogP contribution in [0.5, 0.6) is 5.75 Å². The smallest absolute Gasteiger partial charge is 0.351 e. The van der Waals surface area contributed by atoms with E-state index in [-0.39, 0.29) is 29.4 Å². The number of carbonyl (C=O) groups is 3. The fourth-order valence-electron chi connectivity index (χ4n) is 2.75. The van der Waals surface area contributed by atoms with Gasteiger partial charge >= 0.3 is 11.9 Å². The number of aromatic nitrogens is 1. The molecule has 2 N–H and O–H groups in total. The molecule has 0 aliphatic heterocycles. The van der Waals surface area contributed by atoms with Crippen LogP contribution in [0.25, 0.3) is 10.4 Å². The summed E-state index contributed by atoms with van der Waals surface area (Å²) < 4.78 is 15.1. The minimum Gasteiger partial charge on any atom is -0.480 e. The third-order valence-corrected chi connectivity index (χ3v) is 5.33. The largest absolute Gasteiger partial charge is 0.480 e. The van der Waals surface area contributed by atoms with Crippen molar-refractivity contribution >= 4 is 34.9 Å². The van der Waals surface area contributed by atoms with Crippen molar-refractivity contribution < 1.29 is 28.6 Å². The van der Waals surface area contributed by atoms with Crippen LogP contribution in [0.4, 0.5) is 5.69 Å². The van der Waals surface area contributed by atoms with Gasteiger partial charge in [-0.05, 0) is 42.8 Å². The first-order chi connectivity index (χ1) is 15.4. The summed E-state index contributed by atoms with van der Waals surface area (Å²) in [5.74, 6) is -1.52. The van der Waals surface area contributed by atoms with E-state index in [1.807, 2.05) is 0 Å². The fraction of sp³-hybridized carbons (Fsp3) is 0.182. The van der Waals surface area contributed by atoms with Crippen molar-refractivity contribution in [3.05, 3.63) is 69.5 Å².